The Labute approximate surface area is 159 Å². The molecule has 3 rings (SSSR count). The van der Waals surface area contributed by atoms with Crippen molar-refractivity contribution in [3.8, 4) is 0 Å². The zero-order valence-corrected chi connectivity index (χ0v) is 16.7. The highest BCUT2D eigenvalue weighted by molar-refractivity contribution is 7.89. The fourth-order valence-electron chi connectivity index (χ4n) is 3.21. The van der Waals surface area contributed by atoms with Crippen molar-refractivity contribution in [1.29, 1.82) is 0 Å². The summed E-state index contributed by atoms with van der Waals surface area (Å²) in [6.45, 7) is 5.78. The number of aromatic nitrogens is 2. The zero-order valence-electron chi connectivity index (χ0n) is 15.8. The zero-order chi connectivity index (χ0) is 19.6. The molecular formula is C18H25N5O3S. The molecule has 8 nitrogen and oxygen atoms in total. The van der Waals surface area contributed by atoms with Crippen LogP contribution < -0.4 is 10.2 Å². The van der Waals surface area contributed by atoms with Crippen molar-refractivity contribution < 1.29 is 13.2 Å². The number of piperazine rings is 1. The van der Waals surface area contributed by atoms with Crippen molar-refractivity contribution in [2.45, 2.75) is 13.8 Å². The number of aryl methyl sites for hydroxylation is 3. The molecule has 0 atom stereocenters. The largest absolute Gasteiger partial charge is 0.369 e. The summed E-state index contributed by atoms with van der Waals surface area (Å²) in [5.41, 5.74) is 3.02. The van der Waals surface area contributed by atoms with E-state index < -0.39 is 21.7 Å². The van der Waals surface area contributed by atoms with E-state index in [1.54, 1.807) is 20.0 Å². The number of amides is 1. The predicted molar refractivity (Wildman–Crippen MR) is 105 cm³/mol. The molecule has 2 aromatic rings. The molecule has 9 heteroatoms. The van der Waals surface area contributed by atoms with Crippen molar-refractivity contribution in [3.05, 3.63) is 41.6 Å². The van der Waals surface area contributed by atoms with Gasteiger partial charge in [0.05, 0.1) is 5.69 Å². The molecule has 1 amide bonds. The summed E-state index contributed by atoms with van der Waals surface area (Å²) in [6.07, 6.45) is 0. The highest BCUT2D eigenvalue weighted by atomic mass is 32.2. The molecule has 0 spiro atoms. The van der Waals surface area contributed by atoms with E-state index in [1.165, 1.54) is 14.6 Å². The number of carbonyl (C=O) groups excluding carboxylic acids is 1. The average Bonchev–Trinajstić information content (AvgIpc) is 2.91. The highest BCUT2D eigenvalue weighted by Gasteiger charge is 2.29. The smallest absolute Gasteiger partial charge is 0.242 e. The topological polar surface area (TPSA) is 87.5 Å². The molecule has 1 saturated heterocycles. The van der Waals surface area contributed by atoms with Gasteiger partial charge in [-0.15, -0.1) is 0 Å². The fraction of sp³-hybridized carbons (Fsp3) is 0.444. The van der Waals surface area contributed by atoms with Gasteiger partial charge < -0.3 is 10.2 Å². The lowest BCUT2D eigenvalue weighted by Gasteiger charge is -2.35. The van der Waals surface area contributed by atoms with Gasteiger partial charge in [-0.1, -0.05) is 12.1 Å². The number of benzene rings is 1. The second kappa shape index (κ2) is 7.69. The molecule has 1 aromatic heterocycles. The SMILES string of the molecule is Cc1cccc(N2CCN(S(=O)(=O)CC(=O)Nc3cc(C)nn3C)CC2)c1. The van der Waals surface area contributed by atoms with Crippen LogP contribution in [0.2, 0.25) is 0 Å². The lowest BCUT2D eigenvalue weighted by molar-refractivity contribution is -0.114. The van der Waals surface area contributed by atoms with Crippen molar-refractivity contribution in [2.24, 2.45) is 7.05 Å². The van der Waals surface area contributed by atoms with E-state index >= 15 is 0 Å². The maximum atomic E-state index is 12.6. The summed E-state index contributed by atoms with van der Waals surface area (Å²) < 4.78 is 28.1. The second-order valence-electron chi connectivity index (χ2n) is 6.82. The molecule has 0 saturated carbocycles. The number of hydrogen-bond acceptors (Lipinski definition) is 5. The molecule has 1 aliphatic rings. The van der Waals surface area contributed by atoms with Gasteiger partial charge in [0.25, 0.3) is 0 Å². The number of carbonyl (C=O) groups is 1. The Hall–Kier alpha value is -2.39. The number of sulfonamides is 1. The van der Waals surface area contributed by atoms with E-state index in [4.69, 9.17) is 0 Å². The highest BCUT2D eigenvalue weighted by Crippen LogP contribution is 2.19. The summed E-state index contributed by atoms with van der Waals surface area (Å²) in [7, 11) is -1.96. The normalized spacial score (nSPS) is 15.7. The molecular weight excluding hydrogens is 366 g/mol. The minimum absolute atomic E-state index is 0.369. The van der Waals surface area contributed by atoms with Gasteiger partial charge in [0.15, 0.2) is 0 Å². The van der Waals surface area contributed by atoms with Crippen LogP contribution in [0.1, 0.15) is 11.3 Å². The van der Waals surface area contributed by atoms with Crippen LogP contribution in [0.3, 0.4) is 0 Å². The van der Waals surface area contributed by atoms with Crippen molar-refractivity contribution in [3.63, 3.8) is 0 Å². The Bertz CT molecular complexity index is 930. The molecule has 1 aliphatic heterocycles. The number of rotatable bonds is 5. The molecule has 1 N–H and O–H groups in total. The first kappa shape index (κ1) is 19.4. The van der Waals surface area contributed by atoms with E-state index in [0.717, 1.165) is 11.4 Å². The van der Waals surface area contributed by atoms with Gasteiger partial charge in [-0.2, -0.15) is 9.40 Å². The molecule has 0 aliphatic carbocycles. The van der Waals surface area contributed by atoms with Crippen LogP contribution in [0.15, 0.2) is 30.3 Å². The Kier molecular flexibility index (Phi) is 5.52. The van der Waals surface area contributed by atoms with E-state index in [2.05, 4.69) is 21.4 Å². The van der Waals surface area contributed by atoms with Gasteiger partial charge in [-0.3, -0.25) is 9.48 Å². The van der Waals surface area contributed by atoms with Crippen molar-refractivity contribution in [2.75, 3.05) is 42.1 Å². The van der Waals surface area contributed by atoms with Crippen molar-refractivity contribution >= 4 is 27.4 Å². The monoisotopic (exact) mass is 391 g/mol. The van der Waals surface area contributed by atoms with Gasteiger partial charge in [0, 0.05) is 45.0 Å². The first-order chi connectivity index (χ1) is 12.7. The van der Waals surface area contributed by atoms with Crippen molar-refractivity contribution in [1.82, 2.24) is 14.1 Å². The number of anilines is 2. The molecule has 27 heavy (non-hydrogen) atoms. The molecule has 1 aromatic carbocycles. The maximum Gasteiger partial charge on any atom is 0.242 e. The second-order valence-corrected chi connectivity index (χ2v) is 8.79. The third kappa shape index (κ3) is 4.67. The molecule has 2 heterocycles. The van der Waals surface area contributed by atoms with Gasteiger partial charge >= 0.3 is 0 Å². The summed E-state index contributed by atoms with van der Waals surface area (Å²) in [5.74, 6) is -0.641. The molecule has 1 fully saturated rings. The van der Waals surface area contributed by atoms with Gasteiger partial charge in [0.2, 0.25) is 15.9 Å². The summed E-state index contributed by atoms with van der Waals surface area (Å²) >= 11 is 0. The lowest BCUT2D eigenvalue weighted by atomic mass is 10.2. The van der Waals surface area contributed by atoms with Crippen LogP contribution in [-0.4, -0.2) is 60.3 Å². The van der Waals surface area contributed by atoms with Gasteiger partial charge in [0.1, 0.15) is 11.6 Å². The number of nitrogens with zero attached hydrogens (tertiary/aromatic N) is 4. The van der Waals surface area contributed by atoms with E-state index in [0.29, 0.717) is 32.0 Å². The van der Waals surface area contributed by atoms with E-state index in [-0.39, 0.29) is 0 Å². The molecule has 0 bridgehead atoms. The minimum Gasteiger partial charge on any atom is -0.369 e. The van der Waals surface area contributed by atoms with Gasteiger partial charge in [-0.25, -0.2) is 8.42 Å². The van der Waals surface area contributed by atoms with Crippen LogP contribution in [0.5, 0.6) is 0 Å². The first-order valence-electron chi connectivity index (χ1n) is 8.84. The average molecular weight is 391 g/mol. The predicted octanol–water partition coefficient (Wildman–Crippen LogP) is 1.13. The first-order valence-corrected chi connectivity index (χ1v) is 10.5. The van der Waals surface area contributed by atoms with Crippen LogP contribution in [-0.2, 0) is 21.9 Å². The van der Waals surface area contributed by atoms with Crippen LogP contribution >= 0.6 is 0 Å². The summed E-state index contributed by atoms with van der Waals surface area (Å²) in [6, 6.07) is 9.85. The third-order valence-corrected chi connectivity index (χ3v) is 6.36. The van der Waals surface area contributed by atoms with Gasteiger partial charge in [-0.05, 0) is 31.5 Å². The quantitative estimate of drug-likeness (QED) is 0.826. The van der Waals surface area contributed by atoms with Crippen LogP contribution in [0, 0.1) is 13.8 Å². The Balaban J connectivity index is 1.58. The fourth-order valence-corrected chi connectivity index (χ4v) is 4.52. The summed E-state index contributed by atoms with van der Waals surface area (Å²) in [4.78, 5) is 14.4. The molecule has 0 unspecified atom stereocenters. The standard InChI is InChI=1S/C18H25N5O3S/c1-14-5-4-6-16(11-14)22-7-9-23(10-8-22)27(25,26)13-18(24)19-17-12-15(2)20-21(17)3/h4-6,11-12H,7-10,13H2,1-3H3,(H,19,24). The Morgan fingerprint density at radius 3 is 2.44 bits per heavy atom. The molecule has 146 valence electrons. The number of nitrogens with one attached hydrogen (secondary N) is 1. The van der Waals surface area contributed by atoms with Crippen LogP contribution in [0.4, 0.5) is 11.5 Å². The van der Waals surface area contributed by atoms with Crippen LogP contribution in [0.25, 0.3) is 0 Å². The van der Waals surface area contributed by atoms with E-state index in [9.17, 15) is 13.2 Å². The molecule has 0 radical (unpaired) electrons. The summed E-state index contributed by atoms with van der Waals surface area (Å²) in [5, 5.41) is 6.74. The third-order valence-electron chi connectivity index (χ3n) is 4.58. The van der Waals surface area contributed by atoms with E-state index in [1.807, 2.05) is 25.1 Å². The lowest BCUT2D eigenvalue weighted by Crippen LogP contribution is -2.50. The minimum atomic E-state index is -3.66. The number of hydrogen-bond donors (Lipinski definition) is 1. The Morgan fingerprint density at radius 2 is 1.85 bits per heavy atom. The maximum absolute atomic E-state index is 12.6. The Morgan fingerprint density at radius 1 is 1.15 bits per heavy atom.